The summed E-state index contributed by atoms with van der Waals surface area (Å²) in [5.41, 5.74) is 1.04. The van der Waals surface area contributed by atoms with E-state index in [1.54, 1.807) is 6.07 Å². The van der Waals surface area contributed by atoms with Crippen molar-refractivity contribution in [3.63, 3.8) is 0 Å². The van der Waals surface area contributed by atoms with Crippen LogP contribution < -0.4 is 5.32 Å². The molecule has 0 aliphatic carbocycles. The highest BCUT2D eigenvalue weighted by Gasteiger charge is 2.28. The minimum atomic E-state index is -2.93. The van der Waals surface area contributed by atoms with Gasteiger partial charge in [-0.1, -0.05) is 35.5 Å². The summed E-state index contributed by atoms with van der Waals surface area (Å²) in [6, 6.07) is 11.0. The molecule has 1 aromatic heterocycles. The Morgan fingerprint density at radius 3 is 2.77 bits per heavy atom. The van der Waals surface area contributed by atoms with Gasteiger partial charge >= 0.3 is 0 Å². The lowest BCUT2D eigenvalue weighted by atomic mass is 10.1. The fraction of sp³-hybridized carbons (Fsp3) is 0.333. The van der Waals surface area contributed by atoms with Crippen molar-refractivity contribution in [1.29, 1.82) is 0 Å². The average Bonchev–Trinajstić information content (AvgIpc) is 3.12. The van der Waals surface area contributed by atoms with Gasteiger partial charge in [-0.2, -0.15) is 0 Å². The number of rotatable bonds is 4. The van der Waals surface area contributed by atoms with E-state index in [2.05, 4.69) is 10.5 Å². The van der Waals surface area contributed by atoms with Gasteiger partial charge in [-0.15, -0.1) is 0 Å². The summed E-state index contributed by atoms with van der Waals surface area (Å²) in [5.74, 6) is 0.496. The van der Waals surface area contributed by atoms with E-state index in [0.29, 0.717) is 18.7 Å². The van der Waals surface area contributed by atoms with Crippen molar-refractivity contribution in [2.45, 2.75) is 6.42 Å². The molecule has 7 heteroatoms. The summed E-state index contributed by atoms with van der Waals surface area (Å²) < 4.78 is 27.9. The van der Waals surface area contributed by atoms with Crippen molar-refractivity contribution >= 4 is 15.7 Å². The normalized spacial score (nSPS) is 19.9. The van der Waals surface area contributed by atoms with E-state index in [4.69, 9.17) is 4.52 Å². The number of carbonyl (C=O) groups excluding carboxylic acids is 1. The minimum Gasteiger partial charge on any atom is -0.355 e. The highest BCUT2D eigenvalue weighted by molar-refractivity contribution is 7.91. The predicted octanol–water partition coefficient (Wildman–Crippen LogP) is 1.51. The maximum absolute atomic E-state index is 12.0. The van der Waals surface area contributed by atoms with Crippen LogP contribution in [0.5, 0.6) is 0 Å². The van der Waals surface area contributed by atoms with Gasteiger partial charge < -0.3 is 9.84 Å². The van der Waals surface area contributed by atoms with Crippen molar-refractivity contribution in [2.75, 3.05) is 18.1 Å². The molecule has 1 aromatic carbocycles. The van der Waals surface area contributed by atoms with E-state index in [1.165, 1.54) is 0 Å². The SMILES string of the molecule is O=C(NC[C@H]1CCS(=O)(=O)C1)c1cc(-c2ccccc2)on1. The van der Waals surface area contributed by atoms with Gasteiger partial charge in [-0.3, -0.25) is 4.79 Å². The summed E-state index contributed by atoms with van der Waals surface area (Å²) in [5, 5.41) is 6.48. The van der Waals surface area contributed by atoms with Gasteiger partial charge in [0.2, 0.25) is 0 Å². The zero-order valence-electron chi connectivity index (χ0n) is 11.9. The molecule has 3 rings (SSSR count). The molecule has 0 bridgehead atoms. The van der Waals surface area contributed by atoms with Gasteiger partial charge in [0.25, 0.3) is 5.91 Å². The number of nitrogens with one attached hydrogen (secondary N) is 1. The Morgan fingerprint density at radius 1 is 1.32 bits per heavy atom. The predicted molar refractivity (Wildman–Crippen MR) is 81.0 cm³/mol. The molecule has 1 saturated heterocycles. The van der Waals surface area contributed by atoms with Gasteiger partial charge in [-0.25, -0.2) is 8.42 Å². The van der Waals surface area contributed by atoms with E-state index in [0.717, 1.165) is 5.56 Å². The smallest absolute Gasteiger partial charge is 0.273 e. The topological polar surface area (TPSA) is 89.3 Å². The van der Waals surface area contributed by atoms with Crippen LogP contribution in [0.1, 0.15) is 16.9 Å². The Morgan fingerprint density at radius 2 is 2.09 bits per heavy atom. The molecule has 116 valence electrons. The summed E-state index contributed by atoms with van der Waals surface area (Å²) >= 11 is 0. The fourth-order valence-corrected chi connectivity index (χ4v) is 4.34. The Hall–Kier alpha value is -2.15. The first-order chi connectivity index (χ1) is 10.5. The number of carbonyl (C=O) groups is 1. The molecule has 1 N–H and O–H groups in total. The van der Waals surface area contributed by atoms with Crippen LogP contribution in [0.3, 0.4) is 0 Å². The minimum absolute atomic E-state index is 0.0190. The molecule has 0 unspecified atom stereocenters. The second kappa shape index (κ2) is 5.92. The number of aromatic nitrogens is 1. The van der Waals surface area contributed by atoms with Gasteiger partial charge in [0.15, 0.2) is 21.3 Å². The van der Waals surface area contributed by atoms with E-state index < -0.39 is 9.84 Å². The van der Waals surface area contributed by atoms with Gasteiger partial charge in [-0.05, 0) is 12.3 Å². The van der Waals surface area contributed by atoms with Crippen LogP contribution in [0.4, 0.5) is 0 Å². The molecule has 6 nitrogen and oxygen atoms in total. The first kappa shape index (κ1) is 14.8. The van der Waals surface area contributed by atoms with Crippen LogP contribution in [0.15, 0.2) is 40.9 Å². The van der Waals surface area contributed by atoms with Gasteiger partial charge in [0.05, 0.1) is 11.5 Å². The molecule has 0 radical (unpaired) electrons. The Bertz CT molecular complexity index is 768. The number of amides is 1. The third kappa shape index (κ3) is 3.36. The van der Waals surface area contributed by atoms with Gasteiger partial charge in [0.1, 0.15) is 0 Å². The molecular formula is C15H16N2O4S. The number of benzene rings is 1. The molecular weight excluding hydrogens is 304 g/mol. The second-order valence-corrected chi connectivity index (χ2v) is 7.65. The molecule has 1 aliphatic heterocycles. The third-order valence-electron chi connectivity index (χ3n) is 3.68. The number of sulfone groups is 1. The van der Waals surface area contributed by atoms with E-state index >= 15 is 0 Å². The highest BCUT2D eigenvalue weighted by atomic mass is 32.2. The average molecular weight is 320 g/mol. The molecule has 1 aliphatic rings. The second-order valence-electron chi connectivity index (χ2n) is 5.42. The Labute approximate surface area is 128 Å². The first-order valence-electron chi connectivity index (χ1n) is 7.04. The fourth-order valence-electron chi connectivity index (χ4n) is 2.48. The lowest BCUT2D eigenvalue weighted by Gasteiger charge is -2.07. The molecule has 1 amide bonds. The lowest BCUT2D eigenvalue weighted by molar-refractivity contribution is 0.0939. The Balaban J connectivity index is 1.60. The van der Waals surface area contributed by atoms with Crippen LogP contribution in [-0.2, 0) is 9.84 Å². The first-order valence-corrected chi connectivity index (χ1v) is 8.86. The number of nitrogens with zero attached hydrogens (tertiary/aromatic N) is 1. The van der Waals surface area contributed by atoms with Crippen molar-refractivity contribution < 1.29 is 17.7 Å². The van der Waals surface area contributed by atoms with Crippen molar-refractivity contribution in [1.82, 2.24) is 10.5 Å². The summed E-state index contributed by atoms with van der Waals surface area (Å²) in [4.78, 5) is 12.0. The van der Waals surface area contributed by atoms with E-state index in [1.807, 2.05) is 30.3 Å². The van der Waals surface area contributed by atoms with E-state index in [9.17, 15) is 13.2 Å². The molecule has 2 heterocycles. The molecule has 0 saturated carbocycles. The van der Waals surface area contributed by atoms with E-state index in [-0.39, 0.29) is 29.0 Å². The lowest BCUT2D eigenvalue weighted by Crippen LogP contribution is -2.30. The zero-order chi connectivity index (χ0) is 15.6. The van der Waals surface area contributed by atoms with Crippen molar-refractivity contribution in [2.24, 2.45) is 5.92 Å². The molecule has 1 fully saturated rings. The van der Waals surface area contributed by atoms with Gasteiger partial charge in [0, 0.05) is 18.2 Å². The third-order valence-corrected chi connectivity index (χ3v) is 5.52. The van der Waals surface area contributed by atoms with Crippen LogP contribution in [0.2, 0.25) is 0 Å². The molecule has 22 heavy (non-hydrogen) atoms. The maximum atomic E-state index is 12.0. The highest BCUT2D eigenvalue weighted by Crippen LogP contribution is 2.20. The quantitative estimate of drug-likeness (QED) is 0.922. The monoisotopic (exact) mass is 320 g/mol. The standard InChI is InChI=1S/C15H16N2O4S/c18-15(16-9-11-6-7-22(19,20)10-11)13-8-14(21-17-13)12-4-2-1-3-5-12/h1-5,8,11H,6-7,9-10H2,(H,16,18)/t11-/m1/s1. The summed E-state index contributed by atoms with van der Waals surface area (Å²) in [6.45, 7) is 0.339. The molecule has 0 spiro atoms. The zero-order valence-corrected chi connectivity index (χ0v) is 12.7. The van der Waals surface area contributed by atoms with Crippen LogP contribution >= 0.6 is 0 Å². The summed E-state index contributed by atoms with van der Waals surface area (Å²) in [6.07, 6.45) is 0.594. The largest absolute Gasteiger partial charge is 0.355 e. The maximum Gasteiger partial charge on any atom is 0.273 e. The summed E-state index contributed by atoms with van der Waals surface area (Å²) in [7, 11) is -2.93. The van der Waals surface area contributed by atoms with Crippen LogP contribution in [0.25, 0.3) is 11.3 Å². The number of hydrogen-bond donors (Lipinski definition) is 1. The van der Waals surface area contributed by atoms with Crippen molar-refractivity contribution in [3.8, 4) is 11.3 Å². The van der Waals surface area contributed by atoms with Crippen LogP contribution in [0, 0.1) is 5.92 Å². The van der Waals surface area contributed by atoms with Crippen molar-refractivity contribution in [3.05, 3.63) is 42.1 Å². The van der Waals surface area contributed by atoms with Crippen LogP contribution in [-0.4, -0.2) is 37.5 Å². The molecule has 1 atom stereocenters. The molecule has 2 aromatic rings. The number of hydrogen-bond acceptors (Lipinski definition) is 5. The Kier molecular flexibility index (Phi) is 3.98.